The summed E-state index contributed by atoms with van der Waals surface area (Å²) in [6, 6.07) is 14.2. The van der Waals surface area contributed by atoms with Gasteiger partial charge in [0.15, 0.2) is 5.76 Å². The zero-order chi connectivity index (χ0) is 15.6. The number of amides is 1. The summed E-state index contributed by atoms with van der Waals surface area (Å²) in [5.74, 6) is 0.353. The molecule has 0 spiro atoms. The molecule has 2 aliphatic rings. The predicted molar refractivity (Wildman–Crippen MR) is 85.0 cm³/mol. The number of benzene rings is 1. The lowest BCUT2D eigenvalue weighted by molar-refractivity contribution is -0.0503. The lowest BCUT2D eigenvalue weighted by atomic mass is 10.1. The van der Waals surface area contributed by atoms with E-state index in [9.17, 15) is 4.79 Å². The van der Waals surface area contributed by atoms with Gasteiger partial charge in [0.05, 0.1) is 25.0 Å². The standard InChI is InChI=1S/C18H20N2O3/c21-18(16-7-4-9-22-16)20-12-15-17(13-20)23-10-8-19(15)11-14-5-2-1-3-6-14/h1-7,9,15,17H,8,10-13H2/t15-,17-/m1/s1. The second-order valence-corrected chi connectivity index (χ2v) is 6.12. The Balaban J connectivity index is 1.47. The SMILES string of the molecule is O=C(c1ccco1)N1C[C@@H]2[C@@H](C1)OCCN2Cc1ccccc1. The number of ether oxygens (including phenoxy) is 1. The Morgan fingerprint density at radius 3 is 2.78 bits per heavy atom. The van der Waals surface area contributed by atoms with Gasteiger partial charge in [0.1, 0.15) is 0 Å². The van der Waals surface area contributed by atoms with Crippen LogP contribution < -0.4 is 0 Å². The topological polar surface area (TPSA) is 45.9 Å². The van der Waals surface area contributed by atoms with Crippen LogP contribution in [0.1, 0.15) is 16.1 Å². The van der Waals surface area contributed by atoms with E-state index in [2.05, 4.69) is 29.2 Å². The largest absolute Gasteiger partial charge is 0.459 e. The average Bonchev–Trinajstić information content (AvgIpc) is 3.25. The summed E-state index contributed by atoms with van der Waals surface area (Å²) < 4.78 is 11.1. The number of carbonyl (C=O) groups is 1. The van der Waals surface area contributed by atoms with Crippen LogP contribution in [0.4, 0.5) is 0 Å². The number of morpholine rings is 1. The van der Waals surface area contributed by atoms with Gasteiger partial charge in [-0.2, -0.15) is 0 Å². The fourth-order valence-corrected chi connectivity index (χ4v) is 3.49. The van der Waals surface area contributed by atoms with E-state index in [4.69, 9.17) is 9.15 Å². The minimum Gasteiger partial charge on any atom is -0.459 e. The van der Waals surface area contributed by atoms with Gasteiger partial charge in [-0.1, -0.05) is 30.3 Å². The molecular formula is C18H20N2O3. The molecule has 120 valence electrons. The number of nitrogens with zero attached hydrogens (tertiary/aromatic N) is 2. The Morgan fingerprint density at radius 1 is 1.13 bits per heavy atom. The smallest absolute Gasteiger partial charge is 0.289 e. The molecule has 0 saturated carbocycles. The highest BCUT2D eigenvalue weighted by atomic mass is 16.5. The Labute approximate surface area is 135 Å². The second-order valence-electron chi connectivity index (χ2n) is 6.12. The molecule has 0 bridgehead atoms. The highest BCUT2D eigenvalue weighted by Crippen LogP contribution is 2.25. The van der Waals surface area contributed by atoms with Crippen LogP contribution in [0.3, 0.4) is 0 Å². The molecule has 2 aliphatic heterocycles. The summed E-state index contributed by atoms with van der Waals surface area (Å²) in [4.78, 5) is 16.7. The first-order valence-electron chi connectivity index (χ1n) is 8.03. The molecule has 0 aliphatic carbocycles. The molecule has 0 unspecified atom stereocenters. The molecule has 5 nitrogen and oxygen atoms in total. The first kappa shape index (κ1) is 14.5. The number of likely N-dealkylation sites (tertiary alicyclic amines) is 1. The number of fused-ring (bicyclic) bond motifs is 1. The van der Waals surface area contributed by atoms with Crippen molar-refractivity contribution in [3.8, 4) is 0 Å². The third kappa shape index (κ3) is 2.90. The van der Waals surface area contributed by atoms with Crippen molar-refractivity contribution in [3.63, 3.8) is 0 Å². The van der Waals surface area contributed by atoms with Crippen LogP contribution in [0.5, 0.6) is 0 Å². The highest BCUT2D eigenvalue weighted by molar-refractivity contribution is 5.91. The van der Waals surface area contributed by atoms with Crippen LogP contribution in [0.15, 0.2) is 53.1 Å². The summed E-state index contributed by atoms with van der Waals surface area (Å²) in [6.45, 7) is 3.84. The number of rotatable bonds is 3. The third-order valence-electron chi connectivity index (χ3n) is 4.66. The number of furan rings is 1. The van der Waals surface area contributed by atoms with Crippen LogP contribution in [-0.4, -0.2) is 54.1 Å². The number of carbonyl (C=O) groups excluding carboxylic acids is 1. The maximum Gasteiger partial charge on any atom is 0.289 e. The third-order valence-corrected chi connectivity index (χ3v) is 4.66. The summed E-state index contributed by atoms with van der Waals surface area (Å²) in [5.41, 5.74) is 1.30. The molecule has 2 saturated heterocycles. The second kappa shape index (κ2) is 6.18. The van der Waals surface area contributed by atoms with E-state index in [1.165, 1.54) is 11.8 Å². The minimum atomic E-state index is -0.0485. The van der Waals surface area contributed by atoms with Crippen LogP contribution in [0, 0.1) is 0 Å². The van der Waals surface area contributed by atoms with Crippen LogP contribution in [0.2, 0.25) is 0 Å². The maximum atomic E-state index is 12.5. The Hall–Kier alpha value is -2.11. The molecule has 0 radical (unpaired) electrons. The maximum absolute atomic E-state index is 12.5. The molecule has 0 N–H and O–H groups in total. The van der Waals surface area contributed by atoms with Crippen molar-refractivity contribution in [2.24, 2.45) is 0 Å². The fraction of sp³-hybridized carbons (Fsp3) is 0.389. The monoisotopic (exact) mass is 312 g/mol. The van der Waals surface area contributed by atoms with Gasteiger partial charge in [-0.15, -0.1) is 0 Å². The Bertz CT molecular complexity index is 656. The van der Waals surface area contributed by atoms with Crippen LogP contribution in [-0.2, 0) is 11.3 Å². The molecule has 1 aromatic heterocycles. The fourth-order valence-electron chi connectivity index (χ4n) is 3.49. The van der Waals surface area contributed by atoms with Crippen molar-refractivity contribution < 1.29 is 13.9 Å². The Morgan fingerprint density at radius 2 is 2.00 bits per heavy atom. The lowest BCUT2D eigenvalue weighted by Crippen LogP contribution is -2.50. The quantitative estimate of drug-likeness (QED) is 0.870. The van der Waals surface area contributed by atoms with Crippen molar-refractivity contribution >= 4 is 5.91 Å². The summed E-state index contributed by atoms with van der Waals surface area (Å²) in [5, 5.41) is 0. The van der Waals surface area contributed by atoms with E-state index < -0.39 is 0 Å². The molecule has 23 heavy (non-hydrogen) atoms. The van der Waals surface area contributed by atoms with Crippen molar-refractivity contribution in [2.45, 2.75) is 18.7 Å². The van der Waals surface area contributed by atoms with Gasteiger partial charge in [-0.3, -0.25) is 9.69 Å². The minimum absolute atomic E-state index is 0.0485. The van der Waals surface area contributed by atoms with Crippen LogP contribution in [0.25, 0.3) is 0 Å². The Kier molecular flexibility index (Phi) is 3.89. The van der Waals surface area contributed by atoms with E-state index >= 15 is 0 Å². The van der Waals surface area contributed by atoms with Crippen molar-refractivity contribution in [1.29, 1.82) is 0 Å². The van der Waals surface area contributed by atoms with E-state index in [1.54, 1.807) is 12.1 Å². The highest BCUT2D eigenvalue weighted by Gasteiger charge is 2.42. The molecule has 2 atom stereocenters. The van der Waals surface area contributed by atoms with E-state index in [-0.39, 0.29) is 18.1 Å². The lowest BCUT2D eigenvalue weighted by Gasteiger charge is -2.36. The predicted octanol–water partition coefficient (Wildman–Crippen LogP) is 2.00. The zero-order valence-electron chi connectivity index (χ0n) is 12.9. The van der Waals surface area contributed by atoms with Crippen molar-refractivity contribution in [3.05, 3.63) is 60.1 Å². The summed E-state index contributed by atoms with van der Waals surface area (Å²) >= 11 is 0. The van der Waals surface area contributed by atoms with Gasteiger partial charge in [-0.05, 0) is 17.7 Å². The molecule has 1 aromatic carbocycles. The van der Waals surface area contributed by atoms with Gasteiger partial charge in [0, 0.05) is 26.2 Å². The first-order valence-corrected chi connectivity index (χ1v) is 8.03. The molecule has 2 fully saturated rings. The average molecular weight is 312 g/mol. The molecule has 3 heterocycles. The first-order chi connectivity index (χ1) is 11.3. The normalized spacial score (nSPS) is 24.6. The van der Waals surface area contributed by atoms with Crippen molar-refractivity contribution in [2.75, 3.05) is 26.2 Å². The molecule has 5 heteroatoms. The molecule has 2 aromatic rings. The van der Waals surface area contributed by atoms with Gasteiger partial charge in [0.25, 0.3) is 5.91 Å². The van der Waals surface area contributed by atoms with Crippen molar-refractivity contribution in [1.82, 2.24) is 9.80 Å². The van der Waals surface area contributed by atoms with Crippen LogP contribution >= 0.6 is 0 Å². The molecule has 1 amide bonds. The van der Waals surface area contributed by atoms with Gasteiger partial charge in [0.2, 0.25) is 0 Å². The number of hydrogen-bond donors (Lipinski definition) is 0. The number of hydrogen-bond acceptors (Lipinski definition) is 4. The van der Waals surface area contributed by atoms with Gasteiger partial charge in [-0.25, -0.2) is 0 Å². The zero-order valence-corrected chi connectivity index (χ0v) is 12.9. The van der Waals surface area contributed by atoms with E-state index in [0.717, 1.165) is 19.7 Å². The van der Waals surface area contributed by atoms with Gasteiger partial charge < -0.3 is 14.1 Å². The molecular weight excluding hydrogens is 292 g/mol. The van der Waals surface area contributed by atoms with E-state index in [1.807, 2.05) is 11.0 Å². The summed E-state index contributed by atoms with van der Waals surface area (Å²) in [7, 11) is 0. The van der Waals surface area contributed by atoms with E-state index in [0.29, 0.717) is 18.8 Å². The molecule has 4 rings (SSSR count). The summed E-state index contributed by atoms with van der Waals surface area (Å²) in [6.07, 6.45) is 1.63. The van der Waals surface area contributed by atoms with Gasteiger partial charge >= 0.3 is 0 Å².